The Morgan fingerprint density at radius 2 is 1.94 bits per heavy atom. The molecule has 0 heterocycles. The van der Waals surface area contributed by atoms with Gasteiger partial charge in [-0.1, -0.05) is 12.1 Å². The number of benzene rings is 1. The molecule has 0 aliphatic carbocycles. The lowest BCUT2D eigenvalue weighted by Crippen LogP contribution is -2.28. The normalized spacial score (nSPS) is 11.8. The molecule has 0 saturated heterocycles. The van der Waals surface area contributed by atoms with Crippen LogP contribution in [0.4, 0.5) is 14.5 Å². The maximum absolute atomic E-state index is 12.6. The second-order valence-electron chi connectivity index (χ2n) is 3.80. The van der Waals surface area contributed by atoms with Crippen molar-refractivity contribution in [1.29, 1.82) is 0 Å². The largest absolute Gasteiger partial charge is 0.372 e. The van der Waals surface area contributed by atoms with Crippen molar-refractivity contribution < 1.29 is 17.2 Å². The van der Waals surface area contributed by atoms with Gasteiger partial charge in [-0.2, -0.15) is 8.78 Å². The van der Waals surface area contributed by atoms with Gasteiger partial charge in [-0.15, -0.1) is 0 Å². The van der Waals surface area contributed by atoms with Crippen molar-refractivity contribution in [3.63, 3.8) is 0 Å². The molecule has 0 spiro atoms. The number of hydrogen-bond acceptors (Lipinski definition) is 4. The highest BCUT2D eigenvalue weighted by Crippen LogP contribution is 2.28. The van der Waals surface area contributed by atoms with Crippen molar-refractivity contribution in [3.8, 4) is 0 Å². The van der Waals surface area contributed by atoms with Crippen LogP contribution >= 0.6 is 0 Å². The first kappa shape index (κ1) is 14.8. The molecule has 0 aliphatic heterocycles. The molecule has 0 unspecified atom stereocenters. The predicted octanol–water partition coefficient (Wildman–Crippen LogP) is 1.34. The average molecular weight is 278 g/mol. The summed E-state index contributed by atoms with van der Waals surface area (Å²) >= 11 is 0. The number of alkyl halides is 2. The monoisotopic (exact) mass is 278 g/mol. The second-order valence-corrected chi connectivity index (χ2v) is 5.68. The fourth-order valence-electron chi connectivity index (χ4n) is 1.51. The van der Waals surface area contributed by atoms with E-state index in [0.717, 1.165) is 0 Å². The lowest BCUT2D eigenvalue weighted by molar-refractivity contribution is 0.235. The summed E-state index contributed by atoms with van der Waals surface area (Å²) in [6, 6.07) is 5.78. The lowest BCUT2D eigenvalue weighted by Gasteiger charge is -2.22. The molecule has 18 heavy (non-hydrogen) atoms. The Morgan fingerprint density at radius 3 is 2.50 bits per heavy atom. The van der Waals surface area contributed by atoms with Gasteiger partial charge in [0.25, 0.3) is 0 Å². The first-order valence-electron chi connectivity index (χ1n) is 5.38. The van der Waals surface area contributed by atoms with Gasteiger partial charge in [0.1, 0.15) is 0 Å². The molecule has 1 N–H and O–H groups in total. The summed E-state index contributed by atoms with van der Waals surface area (Å²) in [6.45, 7) is 1.14. The Balaban J connectivity index is 3.15. The van der Waals surface area contributed by atoms with Gasteiger partial charge in [0, 0.05) is 20.1 Å². The summed E-state index contributed by atoms with van der Waals surface area (Å²) < 4.78 is 48.2. The zero-order valence-corrected chi connectivity index (χ0v) is 11.0. The third-order valence-corrected chi connectivity index (χ3v) is 3.94. The average Bonchev–Trinajstić information content (AvgIpc) is 2.35. The molecule has 0 atom stereocenters. The number of nitrogens with one attached hydrogen (secondary N) is 1. The van der Waals surface area contributed by atoms with Gasteiger partial charge >= 0.3 is 5.76 Å². The molecule has 0 aromatic heterocycles. The molecule has 7 heteroatoms. The summed E-state index contributed by atoms with van der Waals surface area (Å²) in [7, 11) is -1.15. The van der Waals surface area contributed by atoms with Crippen LogP contribution in [0.3, 0.4) is 0 Å². The minimum absolute atomic E-state index is 0.285. The molecule has 0 bridgehead atoms. The van der Waals surface area contributed by atoms with Crippen LogP contribution < -0.4 is 10.2 Å². The maximum Gasteiger partial charge on any atom is 0.341 e. The number of para-hydroxylation sites is 1. The molecule has 4 nitrogen and oxygen atoms in total. The van der Waals surface area contributed by atoms with E-state index in [1.165, 1.54) is 18.2 Å². The minimum Gasteiger partial charge on any atom is -0.372 e. The van der Waals surface area contributed by atoms with E-state index in [-0.39, 0.29) is 10.6 Å². The molecule has 0 amide bonds. The van der Waals surface area contributed by atoms with Crippen molar-refractivity contribution in [1.82, 2.24) is 5.32 Å². The Labute approximate surface area is 106 Å². The van der Waals surface area contributed by atoms with Gasteiger partial charge in [0.2, 0.25) is 9.84 Å². The smallest absolute Gasteiger partial charge is 0.341 e. The molecule has 0 fully saturated rings. The fraction of sp³-hybridized carbons (Fsp3) is 0.455. The third-order valence-electron chi connectivity index (χ3n) is 2.51. The number of hydrogen-bond donors (Lipinski definition) is 1. The van der Waals surface area contributed by atoms with E-state index in [9.17, 15) is 17.2 Å². The van der Waals surface area contributed by atoms with Crippen LogP contribution in [0, 0.1) is 0 Å². The molecule has 1 aromatic carbocycles. The quantitative estimate of drug-likeness (QED) is 0.853. The van der Waals surface area contributed by atoms with Gasteiger partial charge in [-0.05, 0) is 19.2 Å². The third kappa shape index (κ3) is 3.17. The van der Waals surface area contributed by atoms with Gasteiger partial charge in [0.15, 0.2) is 0 Å². The second kappa shape index (κ2) is 6.10. The van der Waals surface area contributed by atoms with Crippen molar-refractivity contribution >= 4 is 15.5 Å². The Kier molecular flexibility index (Phi) is 5.03. The Hall–Kier alpha value is -1.21. The number of likely N-dealkylation sites (N-methyl/N-ethyl adjacent to an activating group) is 2. The van der Waals surface area contributed by atoms with E-state index in [0.29, 0.717) is 13.1 Å². The van der Waals surface area contributed by atoms with Gasteiger partial charge in [-0.3, -0.25) is 0 Å². The van der Waals surface area contributed by atoms with E-state index < -0.39 is 15.6 Å². The summed E-state index contributed by atoms with van der Waals surface area (Å²) in [5, 5.41) is 2.91. The molecule has 0 saturated carbocycles. The fourth-order valence-corrected chi connectivity index (χ4v) is 2.48. The van der Waals surface area contributed by atoms with E-state index in [1.807, 2.05) is 0 Å². The highest BCUT2D eigenvalue weighted by Gasteiger charge is 2.29. The summed E-state index contributed by atoms with van der Waals surface area (Å²) in [5.41, 5.74) is 0.285. The highest BCUT2D eigenvalue weighted by molar-refractivity contribution is 7.91. The molecule has 0 radical (unpaired) electrons. The number of rotatable bonds is 6. The number of anilines is 1. The minimum atomic E-state index is -4.57. The Bertz CT molecular complexity index is 492. The molecule has 0 aliphatic rings. The Morgan fingerprint density at radius 1 is 1.33 bits per heavy atom. The summed E-state index contributed by atoms with van der Waals surface area (Å²) in [6.07, 6.45) is 0. The standard InChI is InChI=1S/C11H16F2N2O2S/c1-14-7-8-15(2)9-5-3-4-6-10(9)18(16,17)11(12)13/h3-6,11,14H,7-8H2,1-2H3. The van der Waals surface area contributed by atoms with E-state index >= 15 is 0 Å². The molecule has 102 valence electrons. The van der Waals surface area contributed by atoms with Crippen LogP contribution in [-0.2, 0) is 9.84 Å². The van der Waals surface area contributed by atoms with Crippen molar-refractivity contribution in [3.05, 3.63) is 24.3 Å². The van der Waals surface area contributed by atoms with Crippen LogP contribution in [0.1, 0.15) is 0 Å². The highest BCUT2D eigenvalue weighted by atomic mass is 32.2. The van der Waals surface area contributed by atoms with E-state index in [4.69, 9.17) is 0 Å². The lowest BCUT2D eigenvalue weighted by atomic mass is 10.3. The van der Waals surface area contributed by atoms with Crippen molar-refractivity contribution in [2.45, 2.75) is 10.7 Å². The SMILES string of the molecule is CNCCN(C)c1ccccc1S(=O)(=O)C(F)F. The zero-order chi connectivity index (χ0) is 13.8. The van der Waals surface area contributed by atoms with Gasteiger partial charge < -0.3 is 10.2 Å². The van der Waals surface area contributed by atoms with Crippen molar-refractivity contribution in [2.75, 3.05) is 32.1 Å². The predicted molar refractivity (Wildman–Crippen MR) is 66.8 cm³/mol. The molecular weight excluding hydrogens is 262 g/mol. The number of nitrogens with zero attached hydrogens (tertiary/aromatic N) is 1. The van der Waals surface area contributed by atoms with E-state index in [2.05, 4.69) is 5.32 Å². The molecule has 1 rings (SSSR count). The van der Waals surface area contributed by atoms with Crippen LogP contribution in [0.2, 0.25) is 0 Å². The van der Waals surface area contributed by atoms with Crippen LogP contribution in [0.5, 0.6) is 0 Å². The van der Waals surface area contributed by atoms with Crippen LogP contribution in [-0.4, -0.2) is 41.4 Å². The summed E-state index contributed by atoms with van der Waals surface area (Å²) in [5.74, 6) is -3.41. The zero-order valence-electron chi connectivity index (χ0n) is 10.2. The van der Waals surface area contributed by atoms with E-state index in [1.54, 1.807) is 25.1 Å². The number of halogens is 2. The number of sulfone groups is 1. The topological polar surface area (TPSA) is 49.4 Å². The summed E-state index contributed by atoms with van der Waals surface area (Å²) in [4.78, 5) is 1.30. The van der Waals surface area contributed by atoms with Gasteiger partial charge in [0.05, 0.1) is 10.6 Å². The first-order chi connectivity index (χ1) is 8.41. The van der Waals surface area contributed by atoms with Crippen LogP contribution in [0.25, 0.3) is 0 Å². The van der Waals surface area contributed by atoms with Gasteiger partial charge in [-0.25, -0.2) is 8.42 Å². The molecular formula is C11H16F2N2O2S. The van der Waals surface area contributed by atoms with Crippen molar-refractivity contribution in [2.24, 2.45) is 0 Å². The molecule has 1 aromatic rings. The first-order valence-corrected chi connectivity index (χ1v) is 6.92. The van der Waals surface area contributed by atoms with Crippen LogP contribution in [0.15, 0.2) is 29.2 Å². The maximum atomic E-state index is 12.6.